The Bertz CT molecular complexity index is 649. The zero-order valence-electron chi connectivity index (χ0n) is 12.4. The van der Waals surface area contributed by atoms with Crippen LogP contribution in [-0.2, 0) is 14.8 Å². The average Bonchev–Trinajstić information content (AvgIpc) is 2.53. The topological polar surface area (TPSA) is 109 Å². The van der Waals surface area contributed by atoms with Gasteiger partial charge in [0.1, 0.15) is 6.23 Å². The van der Waals surface area contributed by atoms with Crippen molar-refractivity contribution < 1.29 is 23.1 Å². The van der Waals surface area contributed by atoms with Crippen LogP contribution in [0.5, 0.6) is 0 Å². The van der Waals surface area contributed by atoms with Gasteiger partial charge in [0, 0.05) is 25.8 Å². The van der Waals surface area contributed by atoms with E-state index < -0.39 is 22.3 Å². The van der Waals surface area contributed by atoms with E-state index in [0.29, 0.717) is 24.9 Å². The van der Waals surface area contributed by atoms with Gasteiger partial charge in [0.15, 0.2) is 5.03 Å². The second-order valence-corrected chi connectivity index (χ2v) is 6.76. The molecule has 1 fully saturated rings. The number of sulfonamides is 1. The highest BCUT2D eigenvalue weighted by molar-refractivity contribution is 7.89. The van der Waals surface area contributed by atoms with Gasteiger partial charge in [-0.05, 0) is 31.5 Å². The number of amides is 1. The number of pyridine rings is 1. The maximum absolute atomic E-state index is 12.1. The highest BCUT2D eigenvalue weighted by atomic mass is 32.2. The van der Waals surface area contributed by atoms with Gasteiger partial charge in [-0.15, -0.1) is 0 Å². The minimum Gasteiger partial charge on any atom is -0.465 e. The molecular weight excluding hydrogens is 310 g/mol. The van der Waals surface area contributed by atoms with Crippen molar-refractivity contribution in [1.29, 1.82) is 0 Å². The first-order valence-electron chi connectivity index (χ1n) is 6.83. The van der Waals surface area contributed by atoms with Crippen molar-refractivity contribution in [2.24, 2.45) is 0 Å². The van der Waals surface area contributed by atoms with Crippen molar-refractivity contribution in [1.82, 2.24) is 14.6 Å². The average molecular weight is 329 g/mol. The number of nitrogens with zero attached hydrogens (tertiary/aromatic N) is 2. The first-order chi connectivity index (χ1) is 10.4. The van der Waals surface area contributed by atoms with Gasteiger partial charge in [0.05, 0.1) is 0 Å². The summed E-state index contributed by atoms with van der Waals surface area (Å²) in [4.78, 5) is 16.5. The van der Waals surface area contributed by atoms with Crippen LogP contribution < -0.4 is 4.72 Å². The van der Waals surface area contributed by atoms with E-state index in [-0.39, 0.29) is 10.9 Å². The fourth-order valence-electron chi connectivity index (χ4n) is 2.78. The number of carboxylic acid groups (broad SMARTS) is 1. The number of ether oxygens (including phenoxy) is 1. The fourth-order valence-corrected chi connectivity index (χ4v) is 3.70. The predicted octanol–water partition coefficient (Wildman–Crippen LogP) is 0.820. The normalized spacial score (nSPS) is 22.5. The Labute approximate surface area is 129 Å². The van der Waals surface area contributed by atoms with Crippen molar-refractivity contribution in [3.63, 3.8) is 0 Å². The van der Waals surface area contributed by atoms with E-state index in [9.17, 15) is 18.3 Å². The standard InChI is InChI=1S/C13H19N3O5S/c1-14-22(19,20)11-9(5-3-7-15-11)10-6-4-8-16(13(17)18)12(10)21-2/h3,5,7,10,12,14H,4,6,8H2,1-2H3,(H,17,18). The summed E-state index contributed by atoms with van der Waals surface area (Å²) in [5.41, 5.74) is 0.467. The Hall–Kier alpha value is -1.71. The molecule has 2 unspecified atom stereocenters. The van der Waals surface area contributed by atoms with Gasteiger partial charge < -0.3 is 9.84 Å². The van der Waals surface area contributed by atoms with E-state index in [4.69, 9.17) is 4.74 Å². The van der Waals surface area contributed by atoms with Crippen LogP contribution in [-0.4, -0.2) is 56.4 Å². The molecule has 1 saturated heterocycles. The van der Waals surface area contributed by atoms with Gasteiger partial charge in [-0.1, -0.05) is 6.07 Å². The Morgan fingerprint density at radius 3 is 2.86 bits per heavy atom. The summed E-state index contributed by atoms with van der Waals surface area (Å²) in [6.07, 6.45) is 0.831. The molecule has 1 aliphatic rings. The van der Waals surface area contributed by atoms with Gasteiger partial charge in [-0.2, -0.15) is 0 Å². The minimum absolute atomic E-state index is 0.0863. The molecule has 0 saturated carbocycles. The van der Waals surface area contributed by atoms with Gasteiger partial charge in [0.2, 0.25) is 0 Å². The second-order valence-electron chi connectivity index (χ2n) is 4.96. The Kier molecular flexibility index (Phi) is 4.99. The molecule has 1 aromatic heterocycles. The van der Waals surface area contributed by atoms with Crippen LogP contribution in [0.15, 0.2) is 23.4 Å². The van der Waals surface area contributed by atoms with E-state index in [1.54, 1.807) is 12.1 Å². The van der Waals surface area contributed by atoms with Gasteiger partial charge in [-0.25, -0.2) is 22.9 Å². The number of piperidine rings is 1. The number of likely N-dealkylation sites (tertiary alicyclic amines) is 1. The molecule has 1 aromatic rings. The van der Waals surface area contributed by atoms with E-state index in [1.807, 2.05) is 0 Å². The van der Waals surface area contributed by atoms with Crippen molar-refractivity contribution >= 4 is 16.1 Å². The number of aromatic nitrogens is 1. The maximum atomic E-state index is 12.1. The molecule has 0 spiro atoms. The zero-order valence-corrected chi connectivity index (χ0v) is 13.2. The van der Waals surface area contributed by atoms with Crippen LogP contribution in [0.2, 0.25) is 0 Å². The van der Waals surface area contributed by atoms with Crippen molar-refractivity contribution in [2.45, 2.75) is 30.0 Å². The Morgan fingerprint density at radius 1 is 1.55 bits per heavy atom. The number of hydrogen-bond acceptors (Lipinski definition) is 5. The van der Waals surface area contributed by atoms with Crippen LogP contribution in [0.1, 0.15) is 24.3 Å². The third kappa shape index (κ3) is 3.06. The summed E-state index contributed by atoms with van der Waals surface area (Å²) >= 11 is 0. The molecule has 0 aromatic carbocycles. The van der Waals surface area contributed by atoms with Gasteiger partial charge in [0.25, 0.3) is 10.0 Å². The van der Waals surface area contributed by atoms with Crippen molar-refractivity contribution in [3.8, 4) is 0 Å². The monoisotopic (exact) mass is 329 g/mol. The second kappa shape index (κ2) is 6.59. The molecule has 0 radical (unpaired) electrons. The van der Waals surface area contributed by atoms with E-state index in [1.165, 1.54) is 25.3 Å². The summed E-state index contributed by atoms with van der Waals surface area (Å²) < 4.78 is 31.8. The van der Waals surface area contributed by atoms with Crippen LogP contribution >= 0.6 is 0 Å². The van der Waals surface area contributed by atoms with Crippen LogP contribution in [0.3, 0.4) is 0 Å². The molecule has 1 aliphatic heterocycles. The third-order valence-electron chi connectivity index (χ3n) is 3.78. The molecule has 2 rings (SSSR count). The molecule has 1 amide bonds. The lowest BCUT2D eigenvalue weighted by Gasteiger charge is -2.39. The largest absolute Gasteiger partial charge is 0.465 e. The molecule has 122 valence electrons. The molecule has 0 bridgehead atoms. The molecule has 2 atom stereocenters. The first kappa shape index (κ1) is 16.7. The van der Waals surface area contributed by atoms with Crippen LogP contribution in [0.25, 0.3) is 0 Å². The molecular formula is C13H19N3O5S. The molecule has 22 heavy (non-hydrogen) atoms. The summed E-state index contributed by atoms with van der Waals surface area (Å²) in [6.45, 7) is 0.360. The third-order valence-corrected chi connectivity index (χ3v) is 5.16. The SMILES string of the molecule is CNS(=O)(=O)c1ncccc1C1CCCN(C(=O)O)C1OC. The first-order valence-corrected chi connectivity index (χ1v) is 8.31. The van der Waals surface area contributed by atoms with E-state index in [2.05, 4.69) is 9.71 Å². The van der Waals surface area contributed by atoms with Gasteiger partial charge >= 0.3 is 6.09 Å². The molecule has 9 heteroatoms. The predicted molar refractivity (Wildman–Crippen MR) is 78.0 cm³/mol. The molecule has 0 aliphatic carbocycles. The lowest BCUT2D eigenvalue weighted by atomic mass is 9.90. The minimum atomic E-state index is -3.73. The van der Waals surface area contributed by atoms with Gasteiger partial charge in [-0.3, -0.25) is 4.90 Å². The highest BCUT2D eigenvalue weighted by Crippen LogP contribution is 2.35. The maximum Gasteiger partial charge on any atom is 0.409 e. The quantitative estimate of drug-likeness (QED) is 0.846. The van der Waals surface area contributed by atoms with Crippen molar-refractivity contribution in [3.05, 3.63) is 23.9 Å². The summed E-state index contributed by atoms with van der Waals surface area (Å²) in [5, 5.41) is 9.19. The van der Waals surface area contributed by atoms with Crippen LogP contribution in [0.4, 0.5) is 4.79 Å². The number of hydrogen-bond donors (Lipinski definition) is 2. The smallest absolute Gasteiger partial charge is 0.409 e. The van der Waals surface area contributed by atoms with Crippen LogP contribution in [0, 0.1) is 0 Å². The molecule has 2 heterocycles. The van der Waals surface area contributed by atoms with E-state index in [0.717, 1.165) is 0 Å². The highest BCUT2D eigenvalue weighted by Gasteiger charge is 2.38. The Morgan fingerprint density at radius 2 is 2.27 bits per heavy atom. The summed E-state index contributed by atoms with van der Waals surface area (Å²) in [6, 6.07) is 3.29. The lowest BCUT2D eigenvalue weighted by Crippen LogP contribution is -2.48. The zero-order chi connectivity index (χ0) is 16.3. The fraction of sp³-hybridized carbons (Fsp3) is 0.538. The summed E-state index contributed by atoms with van der Waals surface area (Å²) in [5.74, 6) is -0.387. The summed E-state index contributed by atoms with van der Waals surface area (Å²) in [7, 11) is -1.00. The molecule has 2 N–H and O–H groups in total. The van der Waals surface area contributed by atoms with E-state index >= 15 is 0 Å². The van der Waals surface area contributed by atoms with Crippen molar-refractivity contribution in [2.75, 3.05) is 20.7 Å². The number of methoxy groups -OCH3 is 1. The number of carbonyl (C=O) groups is 1. The number of nitrogens with one attached hydrogen (secondary N) is 1. The molecule has 8 nitrogen and oxygen atoms in total. The number of rotatable bonds is 4. The Balaban J connectivity index is 2.49. The lowest BCUT2D eigenvalue weighted by molar-refractivity contribution is -0.0567.